The Labute approximate surface area is 107 Å². The van der Waals surface area contributed by atoms with Crippen molar-refractivity contribution in [3.8, 4) is 11.5 Å². The van der Waals surface area contributed by atoms with Gasteiger partial charge in [0, 0.05) is 6.04 Å². The molecule has 0 amide bonds. The number of benzene rings is 1. The molecule has 0 atom stereocenters. The second kappa shape index (κ2) is 5.14. The van der Waals surface area contributed by atoms with Crippen molar-refractivity contribution >= 4 is 0 Å². The van der Waals surface area contributed by atoms with Crippen LogP contribution in [-0.2, 0) is 5.67 Å². The van der Waals surface area contributed by atoms with Crippen molar-refractivity contribution < 1.29 is 13.9 Å². The average molecular weight is 253 g/mol. The van der Waals surface area contributed by atoms with Crippen molar-refractivity contribution in [2.24, 2.45) is 5.73 Å². The number of hydrogen-bond acceptors (Lipinski definition) is 3. The lowest BCUT2D eigenvalue weighted by Crippen LogP contribution is -2.34. The molecule has 18 heavy (non-hydrogen) atoms. The van der Waals surface area contributed by atoms with Crippen molar-refractivity contribution in [2.45, 2.75) is 37.4 Å². The van der Waals surface area contributed by atoms with Gasteiger partial charge in [0.15, 0.2) is 0 Å². The van der Waals surface area contributed by atoms with Crippen LogP contribution in [0.25, 0.3) is 0 Å². The zero-order chi connectivity index (χ0) is 13.2. The largest absolute Gasteiger partial charge is 0.496 e. The van der Waals surface area contributed by atoms with Gasteiger partial charge < -0.3 is 15.2 Å². The number of nitrogens with two attached hydrogens (primary N) is 1. The van der Waals surface area contributed by atoms with Gasteiger partial charge in [-0.3, -0.25) is 0 Å². The topological polar surface area (TPSA) is 44.5 Å². The van der Waals surface area contributed by atoms with Crippen LogP contribution in [0.1, 0.15) is 31.2 Å². The van der Waals surface area contributed by atoms with E-state index < -0.39 is 5.67 Å². The van der Waals surface area contributed by atoms with E-state index >= 15 is 4.39 Å². The summed E-state index contributed by atoms with van der Waals surface area (Å²) in [6, 6.07) is 5.45. The van der Waals surface area contributed by atoms with Gasteiger partial charge in [0.05, 0.1) is 19.8 Å². The van der Waals surface area contributed by atoms with Gasteiger partial charge >= 0.3 is 0 Å². The molecule has 0 bridgehead atoms. The number of hydrogen-bond donors (Lipinski definition) is 1. The van der Waals surface area contributed by atoms with Crippen molar-refractivity contribution in [3.05, 3.63) is 23.8 Å². The normalized spacial score (nSPS) is 27.9. The highest BCUT2D eigenvalue weighted by Crippen LogP contribution is 2.48. The Bertz CT molecular complexity index is 392. The summed E-state index contributed by atoms with van der Waals surface area (Å²) in [5.74, 6) is 1.10. The number of halogens is 1. The Hall–Kier alpha value is -1.29. The van der Waals surface area contributed by atoms with E-state index in [0.717, 1.165) is 0 Å². The molecule has 1 aliphatic carbocycles. The first kappa shape index (κ1) is 13.1. The molecule has 0 saturated heterocycles. The summed E-state index contributed by atoms with van der Waals surface area (Å²) in [7, 11) is 3.10. The highest BCUT2D eigenvalue weighted by Gasteiger charge is 2.40. The van der Waals surface area contributed by atoms with Crippen molar-refractivity contribution in [1.29, 1.82) is 0 Å². The van der Waals surface area contributed by atoms with E-state index in [2.05, 4.69) is 0 Å². The van der Waals surface area contributed by atoms with E-state index in [1.54, 1.807) is 32.4 Å². The minimum absolute atomic E-state index is 0.106. The standard InChI is InChI=1S/C14H20FNO2/c1-17-11-4-3-5-12(18-2)13(11)14(15)8-6-10(16)7-9-14/h3-5,10H,6-9,16H2,1-2H3. The number of rotatable bonds is 3. The molecule has 0 heterocycles. The third kappa shape index (κ3) is 2.29. The maximum atomic E-state index is 15.2. The SMILES string of the molecule is COc1cccc(OC)c1C1(F)CCC(N)CC1. The average Bonchev–Trinajstić information content (AvgIpc) is 2.41. The van der Waals surface area contributed by atoms with Crippen LogP contribution in [-0.4, -0.2) is 20.3 Å². The second-order valence-corrected chi connectivity index (χ2v) is 4.84. The Morgan fingerprint density at radius 2 is 1.67 bits per heavy atom. The molecule has 2 rings (SSSR count). The molecule has 0 aliphatic heterocycles. The van der Waals surface area contributed by atoms with Gasteiger partial charge in [0.1, 0.15) is 17.2 Å². The highest BCUT2D eigenvalue weighted by molar-refractivity contribution is 5.49. The smallest absolute Gasteiger partial charge is 0.143 e. The van der Waals surface area contributed by atoms with Crippen LogP contribution >= 0.6 is 0 Å². The first-order chi connectivity index (χ1) is 8.60. The fraction of sp³-hybridized carbons (Fsp3) is 0.571. The summed E-state index contributed by atoms with van der Waals surface area (Å²) in [4.78, 5) is 0. The monoisotopic (exact) mass is 253 g/mol. The molecule has 1 fully saturated rings. The molecule has 0 spiro atoms. The Morgan fingerprint density at radius 1 is 1.17 bits per heavy atom. The molecular formula is C14H20FNO2. The first-order valence-electron chi connectivity index (χ1n) is 6.26. The first-order valence-corrected chi connectivity index (χ1v) is 6.26. The van der Waals surface area contributed by atoms with Gasteiger partial charge in [0.2, 0.25) is 0 Å². The van der Waals surface area contributed by atoms with Crippen LogP contribution in [0.4, 0.5) is 4.39 Å². The molecule has 1 aromatic rings. The number of alkyl halides is 1. The predicted octanol–water partition coefficient (Wildman–Crippen LogP) is 2.77. The van der Waals surface area contributed by atoms with Crippen LogP contribution in [0, 0.1) is 0 Å². The number of ether oxygens (including phenoxy) is 2. The fourth-order valence-electron chi connectivity index (χ4n) is 2.64. The summed E-state index contributed by atoms with van der Waals surface area (Å²) < 4.78 is 25.7. The van der Waals surface area contributed by atoms with Gasteiger partial charge in [-0.15, -0.1) is 0 Å². The fourth-order valence-corrected chi connectivity index (χ4v) is 2.64. The summed E-state index contributed by atoms with van der Waals surface area (Å²) >= 11 is 0. The van der Waals surface area contributed by atoms with Crippen LogP contribution in [0.5, 0.6) is 11.5 Å². The molecule has 1 saturated carbocycles. The minimum Gasteiger partial charge on any atom is -0.496 e. The summed E-state index contributed by atoms with van der Waals surface area (Å²) in [6.45, 7) is 0. The maximum absolute atomic E-state index is 15.2. The van der Waals surface area contributed by atoms with Crippen molar-refractivity contribution in [1.82, 2.24) is 0 Å². The molecule has 0 aromatic heterocycles. The third-order valence-corrected chi connectivity index (χ3v) is 3.70. The van der Waals surface area contributed by atoms with E-state index in [4.69, 9.17) is 15.2 Å². The lowest BCUT2D eigenvalue weighted by molar-refractivity contribution is 0.0911. The van der Waals surface area contributed by atoms with Gasteiger partial charge in [-0.1, -0.05) is 6.07 Å². The number of methoxy groups -OCH3 is 2. The summed E-state index contributed by atoms with van der Waals surface area (Å²) in [6.07, 6.45) is 2.23. The molecule has 2 N–H and O–H groups in total. The Balaban J connectivity index is 2.42. The summed E-state index contributed by atoms with van der Waals surface area (Å²) in [5.41, 5.74) is 4.98. The highest BCUT2D eigenvalue weighted by atomic mass is 19.1. The molecule has 4 heteroatoms. The van der Waals surface area contributed by atoms with E-state index in [-0.39, 0.29) is 6.04 Å². The van der Waals surface area contributed by atoms with Gasteiger partial charge in [-0.2, -0.15) is 0 Å². The summed E-state index contributed by atoms with van der Waals surface area (Å²) in [5, 5.41) is 0. The van der Waals surface area contributed by atoms with Crippen molar-refractivity contribution in [3.63, 3.8) is 0 Å². The van der Waals surface area contributed by atoms with Crippen LogP contribution in [0.3, 0.4) is 0 Å². The van der Waals surface area contributed by atoms with E-state index in [9.17, 15) is 0 Å². The molecule has 0 radical (unpaired) electrons. The van der Waals surface area contributed by atoms with Gasteiger partial charge in [-0.25, -0.2) is 4.39 Å². The van der Waals surface area contributed by atoms with Crippen LogP contribution in [0.15, 0.2) is 18.2 Å². The van der Waals surface area contributed by atoms with Crippen LogP contribution in [0.2, 0.25) is 0 Å². The second-order valence-electron chi connectivity index (χ2n) is 4.84. The molecule has 100 valence electrons. The van der Waals surface area contributed by atoms with E-state index in [1.807, 2.05) is 0 Å². The zero-order valence-electron chi connectivity index (χ0n) is 10.9. The maximum Gasteiger partial charge on any atom is 0.143 e. The van der Waals surface area contributed by atoms with E-state index in [0.29, 0.717) is 42.7 Å². The predicted molar refractivity (Wildman–Crippen MR) is 68.8 cm³/mol. The molecular weight excluding hydrogens is 233 g/mol. The third-order valence-electron chi connectivity index (χ3n) is 3.70. The van der Waals surface area contributed by atoms with E-state index in [1.165, 1.54) is 0 Å². The zero-order valence-corrected chi connectivity index (χ0v) is 10.9. The lowest BCUT2D eigenvalue weighted by atomic mass is 9.78. The molecule has 1 aromatic carbocycles. The molecule has 0 unspecified atom stereocenters. The van der Waals surface area contributed by atoms with Gasteiger partial charge in [-0.05, 0) is 37.8 Å². The van der Waals surface area contributed by atoms with Crippen LogP contribution < -0.4 is 15.2 Å². The minimum atomic E-state index is -1.40. The van der Waals surface area contributed by atoms with Gasteiger partial charge in [0.25, 0.3) is 0 Å². The molecule has 3 nitrogen and oxygen atoms in total. The van der Waals surface area contributed by atoms with Crippen molar-refractivity contribution in [2.75, 3.05) is 14.2 Å². The molecule has 1 aliphatic rings. The quantitative estimate of drug-likeness (QED) is 0.900. The Morgan fingerprint density at radius 3 is 2.11 bits per heavy atom. The Kier molecular flexibility index (Phi) is 3.76. The lowest BCUT2D eigenvalue weighted by Gasteiger charge is -2.34.